The molecule has 0 aliphatic heterocycles. The van der Waals surface area contributed by atoms with Gasteiger partial charge in [-0.3, -0.25) is 4.79 Å². The predicted molar refractivity (Wildman–Crippen MR) is 67.9 cm³/mol. The Kier molecular flexibility index (Phi) is 5.32. The number of hydrogen-bond donors (Lipinski definition) is 1. The van der Waals surface area contributed by atoms with E-state index in [1.807, 2.05) is 26.0 Å². The van der Waals surface area contributed by atoms with E-state index in [-0.39, 0.29) is 5.91 Å². The summed E-state index contributed by atoms with van der Waals surface area (Å²) >= 11 is 3.36. The highest BCUT2D eigenvalue weighted by atomic mass is 79.9. The van der Waals surface area contributed by atoms with Crippen LogP contribution in [0.5, 0.6) is 5.75 Å². The fourth-order valence-electron chi connectivity index (χ4n) is 1.29. The highest BCUT2D eigenvalue weighted by molar-refractivity contribution is 9.10. The second-order valence-corrected chi connectivity index (χ2v) is 4.25. The number of halogens is 1. The minimum atomic E-state index is -0.0854. The van der Waals surface area contributed by atoms with E-state index in [0.29, 0.717) is 24.5 Å². The molecule has 0 bridgehead atoms. The maximum absolute atomic E-state index is 11.8. The Hall–Kier alpha value is -1.03. The SMILES string of the molecule is CCCNC(=O)c1ccc(Br)cc1OCC. The number of carbonyl (C=O) groups is 1. The average molecular weight is 286 g/mol. The molecule has 1 aromatic carbocycles. The Labute approximate surface area is 104 Å². The van der Waals surface area contributed by atoms with Crippen LogP contribution in [0.15, 0.2) is 22.7 Å². The van der Waals surface area contributed by atoms with Gasteiger partial charge in [-0.25, -0.2) is 0 Å². The summed E-state index contributed by atoms with van der Waals surface area (Å²) in [6, 6.07) is 5.41. The van der Waals surface area contributed by atoms with Crippen molar-refractivity contribution >= 4 is 21.8 Å². The largest absolute Gasteiger partial charge is 0.493 e. The molecule has 0 radical (unpaired) electrons. The van der Waals surface area contributed by atoms with Crippen LogP contribution < -0.4 is 10.1 Å². The van der Waals surface area contributed by atoms with Gasteiger partial charge in [0, 0.05) is 11.0 Å². The fraction of sp³-hybridized carbons (Fsp3) is 0.417. The molecular formula is C12H16BrNO2. The summed E-state index contributed by atoms with van der Waals surface area (Å²) in [7, 11) is 0. The van der Waals surface area contributed by atoms with Crippen molar-refractivity contribution in [2.45, 2.75) is 20.3 Å². The summed E-state index contributed by atoms with van der Waals surface area (Å²) in [4.78, 5) is 11.8. The second kappa shape index (κ2) is 6.53. The quantitative estimate of drug-likeness (QED) is 0.903. The van der Waals surface area contributed by atoms with Gasteiger partial charge >= 0.3 is 0 Å². The Morgan fingerprint density at radius 1 is 1.44 bits per heavy atom. The van der Waals surface area contributed by atoms with Gasteiger partial charge in [0.2, 0.25) is 0 Å². The Balaban J connectivity index is 2.88. The topological polar surface area (TPSA) is 38.3 Å². The van der Waals surface area contributed by atoms with Crippen molar-refractivity contribution in [2.24, 2.45) is 0 Å². The number of amides is 1. The molecule has 0 atom stereocenters. The average Bonchev–Trinajstić information content (AvgIpc) is 2.26. The van der Waals surface area contributed by atoms with E-state index in [1.54, 1.807) is 6.07 Å². The van der Waals surface area contributed by atoms with Gasteiger partial charge in [-0.05, 0) is 31.5 Å². The Morgan fingerprint density at radius 3 is 2.81 bits per heavy atom. The highest BCUT2D eigenvalue weighted by Crippen LogP contribution is 2.23. The molecule has 16 heavy (non-hydrogen) atoms. The summed E-state index contributed by atoms with van der Waals surface area (Å²) < 4.78 is 6.33. The van der Waals surface area contributed by atoms with Crippen molar-refractivity contribution in [3.05, 3.63) is 28.2 Å². The number of ether oxygens (including phenoxy) is 1. The maximum atomic E-state index is 11.8. The lowest BCUT2D eigenvalue weighted by molar-refractivity contribution is 0.0950. The van der Waals surface area contributed by atoms with Crippen LogP contribution in [-0.2, 0) is 0 Å². The fourth-order valence-corrected chi connectivity index (χ4v) is 1.63. The lowest BCUT2D eigenvalue weighted by Crippen LogP contribution is -2.24. The van der Waals surface area contributed by atoms with E-state index in [1.165, 1.54) is 0 Å². The first-order valence-electron chi connectivity index (χ1n) is 5.39. The Bertz CT molecular complexity index is 366. The lowest BCUT2D eigenvalue weighted by atomic mass is 10.2. The monoisotopic (exact) mass is 285 g/mol. The van der Waals surface area contributed by atoms with Crippen LogP contribution in [0.2, 0.25) is 0 Å². The third-order valence-electron chi connectivity index (χ3n) is 2.02. The van der Waals surface area contributed by atoms with Crippen LogP contribution in [0.1, 0.15) is 30.6 Å². The molecule has 1 aromatic rings. The zero-order valence-corrected chi connectivity index (χ0v) is 11.1. The van der Waals surface area contributed by atoms with E-state index in [4.69, 9.17) is 4.74 Å². The molecule has 1 rings (SSSR count). The Morgan fingerprint density at radius 2 is 2.19 bits per heavy atom. The zero-order valence-electron chi connectivity index (χ0n) is 9.55. The van der Waals surface area contributed by atoms with E-state index in [0.717, 1.165) is 10.9 Å². The standard InChI is InChI=1S/C12H16BrNO2/c1-3-7-14-12(15)10-6-5-9(13)8-11(10)16-4-2/h5-6,8H,3-4,7H2,1-2H3,(H,14,15). The molecule has 0 aliphatic carbocycles. The molecule has 0 aromatic heterocycles. The summed E-state index contributed by atoms with van der Waals surface area (Å²) in [5, 5.41) is 2.83. The van der Waals surface area contributed by atoms with Crippen LogP contribution in [0.3, 0.4) is 0 Å². The molecule has 88 valence electrons. The van der Waals surface area contributed by atoms with Crippen LogP contribution in [0.4, 0.5) is 0 Å². The van der Waals surface area contributed by atoms with E-state index in [2.05, 4.69) is 21.2 Å². The highest BCUT2D eigenvalue weighted by Gasteiger charge is 2.11. The minimum absolute atomic E-state index is 0.0854. The van der Waals surface area contributed by atoms with Gasteiger partial charge in [0.15, 0.2) is 0 Å². The zero-order chi connectivity index (χ0) is 12.0. The van der Waals surface area contributed by atoms with E-state index >= 15 is 0 Å². The molecule has 0 heterocycles. The van der Waals surface area contributed by atoms with Gasteiger partial charge in [-0.1, -0.05) is 22.9 Å². The second-order valence-electron chi connectivity index (χ2n) is 3.33. The summed E-state index contributed by atoms with van der Waals surface area (Å²) in [5.41, 5.74) is 0.582. The van der Waals surface area contributed by atoms with Gasteiger partial charge in [0.05, 0.1) is 12.2 Å². The van der Waals surface area contributed by atoms with Crippen molar-refractivity contribution in [1.82, 2.24) is 5.32 Å². The first kappa shape index (κ1) is 13.0. The predicted octanol–water partition coefficient (Wildman–Crippen LogP) is 2.99. The molecule has 0 unspecified atom stereocenters. The van der Waals surface area contributed by atoms with Gasteiger partial charge < -0.3 is 10.1 Å². The van der Waals surface area contributed by atoms with Gasteiger partial charge in [-0.15, -0.1) is 0 Å². The molecule has 1 amide bonds. The lowest BCUT2D eigenvalue weighted by Gasteiger charge is -2.10. The van der Waals surface area contributed by atoms with Gasteiger partial charge in [0.1, 0.15) is 5.75 Å². The third kappa shape index (κ3) is 3.52. The number of nitrogens with one attached hydrogen (secondary N) is 1. The van der Waals surface area contributed by atoms with Crippen molar-refractivity contribution in [3.63, 3.8) is 0 Å². The van der Waals surface area contributed by atoms with Crippen LogP contribution in [0.25, 0.3) is 0 Å². The van der Waals surface area contributed by atoms with Gasteiger partial charge in [-0.2, -0.15) is 0 Å². The number of hydrogen-bond acceptors (Lipinski definition) is 2. The first-order chi connectivity index (χ1) is 7.69. The van der Waals surface area contributed by atoms with E-state index < -0.39 is 0 Å². The summed E-state index contributed by atoms with van der Waals surface area (Å²) in [6.07, 6.45) is 0.923. The molecule has 0 saturated carbocycles. The van der Waals surface area contributed by atoms with E-state index in [9.17, 15) is 4.79 Å². The first-order valence-corrected chi connectivity index (χ1v) is 6.18. The molecule has 0 spiro atoms. The summed E-state index contributed by atoms with van der Waals surface area (Å²) in [5.74, 6) is 0.531. The van der Waals surface area contributed by atoms with Crippen molar-refractivity contribution in [1.29, 1.82) is 0 Å². The molecule has 3 nitrogen and oxygen atoms in total. The number of benzene rings is 1. The van der Waals surface area contributed by atoms with Crippen LogP contribution in [-0.4, -0.2) is 19.1 Å². The number of rotatable bonds is 5. The van der Waals surface area contributed by atoms with Crippen molar-refractivity contribution in [2.75, 3.05) is 13.2 Å². The van der Waals surface area contributed by atoms with Crippen molar-refractivity contribution < 1.29 is 9.53 Å². The minimum Gasteiger partial charge on any atom is -0.493 e. The van der Waals surface area contributed by atoms with Crippen molar-refractivity contribution in [3.8, 4) is 5.75 Å². The molecule has 0 aliphatic rings. The molecular weight excluding hydrogens is 270 g/mol. The molecule has 4 heteroatoms. The maximum Gasteiger partial charge on any atom is 0.255 e. The molecule has 0 fully saturated rings. The summed E-state index contributed by atoms with van der Waals surface area (Å²) in [6.45, 7) is 5.14. The van der Waals surface area contributed by atoms with Crippen LogP contribution in [0, 0.1) is 0 Å². The van der Waals surface area contributed by atoms with Gasteiger partial charge in [0.25, 0.3) is 5.91 Å². The smallest absolute Gasteiger partial charge is 0.255 e. The number of carbonyl (C=O) groups excluding carboxylic acids is 1. The molecule has 1 N–H and O–H groups in total. The normalized spacial score (nSPS) is 9.94. The van der Waals surface area contributed by atoms with Crippen LogP contribution >= 0.6 is 15.9 Å². The molecule has 0 saturated heterocycles. The third-order valence-corrected chi connectivity index (χ3v) is 2.52.